The third kappa shape index (κ3) is 3.81. The number of hydrogen-bond acceptors (Lipinski definition) is 3. The van der Waals surface area contributed by atoms with Crippen molar-refractivity contribution in [2.24, 2.45) is 0 Å². The van der Waals surface area contributed by atoms with E-state index >= 15 is 0 Å². The lowest BCUT2D eigenvalue weighted by atomic mass is 10.1. The van der Waals surface area contributed by atoms with Crippen LogP contribution in [0.1, 0.15) is 11.1 Å². The van der Waals surface area contributed by atoms with Gasteiger partial charge in [-0.1, -0.05) is 15.9 Å². The lowest BCUT2D eigenvalue weighted by molar-refractivity contribution is 0.601. The van der Waals surface area contributed by atoms with Gasteiger partial charge in [-0.25, -0.2) is 8.42 Å². The van der Waals surface area contributed by atoms with Crippen LogP contribution in [-0.2, 0) is 10.0 Å². The van der Waals surface area contributed by atoms with Crippen LogP contribution in [0.4, 0.5) is 5.69 Å². The van der Waals surface area contributed by atoms with Crippen molar-refractivity contribution in [3.05, 3.63) is 52.0 Å². The average Bonchev–Trinajstić information content (AvgIpc) is 2.43. The maximum atomic E-state index is 12.5. The first-order valence-corrected chi connectivity index (χ1v) is 9.77. The van der Waals surface area contributed by atoms with Crippen LogP contribution in [-0.4, -0.2) is 14.7 Å². The molecule has 2 aromatic rings. The number of hydrogen-bond donors (Lipinski definition) is 1. The molecule has 0 bridgehead atoms. The van der Waals surface area contributed by atoms with Gasteiger partial charge in [0.1, 0.15) is 0 Å². The fraction of sp³-hybridized carbons (Fsp3) is 0.200. The topological polar surface area (TPSA) is 46.2 Å². The molecule has 6 heteroatoms. The van der Waals surface area contributed by atoms with E-state index in [9.17, 15) is 8.42 Å². The fourth-order valence-electron chi connectivity index (χ4n) is 2.02. The van der Waals surface area contributed by atoms with E-state index in [1.54, 1.807) is 36.0 Å². The van der Waals surface area contributed by atoms with Gasteiger partial charge in [-0.3, -0.25) is 4.72 Å². The standard InChI is InChI=1S/C15H16BrNO2S2/c1-10-8-12(16)9-11(2)15(10)17-21(18,19)14-6-4-13(20-3)5-7-14/h4-9,17H,1-3H3. The zero-order valence-electron chi connectivity index (χ0n) is 12.0. The van der Waals surface area contributed by atoms with Crippen molar-refractivity contribution in [2.75, 3.05) is 11.0 Å². The Morgan fingerprint density at radius 3 is 2.05 bits per heavy atom. The van der Waals surface area contributed by atoms with E-state index in [0.29, 0.717) is 5.69 Å². The van der Waals surface area contributed by atoms with Crippen molar-refractivity contribution < 1.29 is 8.42 Å². The number of anilines is 1. The molecule has 0 saturated heterocycles. The van der Waals surface area contributed by atoms with E-state index in [-0.39, 0.29) is 4.90 Å². The highest BCUT2D eigenvalue weighted by Gasteiger charge is 2.16. The summed E-state index contributed by atoms with van der Waals surface area (Å²) in [6.45, 7) is 3.76. The minimum Gasteiger partial charge on any atom is -0.279 e. The van der Waals surface area contributed by atoms with Crippen LogP contribution < -0.4 is 4.72 Å². The Balaban J connectivity index is 2.37. The Bertz CT molecular complexity index is 733. The number of sulfonamides is 1. The molecule has 0 heterocycles. The van der Waals surface area contributed by atoms with Gasteiger partial charge in [-0.15, -0.1) is 11.8 Å². The van der Waals surface area contributed by atoms with Crippen LogP contribution in [0.15, 0.2) is 50.7 Å². The molecule has 0 aliphatic carbocycles. The highest BCUT2D eigenvalue weighted by molar-refractivity contribution is 9.10. The normalized spacial score (nSPS) is 11.4. The third-order valence-corrected chi connectivity index (χ3v) is 5.67. The molecule has 0 aromatic heterocycles. The minimum atomic E-state index is -3.57. The third-order valence-electron chi connectivity index (χ3n) is 3.10. The molecule has 1 N–H and O–H groups in total. The number of nitrogens with one attached hydrogen (secondary N) is 1. The summed E-state index contributed by atoms with van der Waals surface area (Å²) in [5, 5.41) is 0. The highest BCUT2D eigenvalue weighted by atomic mass is 79.9. The van der Waals surface area contributed by atoms with E-state index in [0.717, 1.165) is 20.5 Å². The summed E-state index contributed by atoms with van der Waals surface area (Å²) in [6, 6.07) is 10.6. The first-order chi connectivity index (χ1) is 9.83. The first-order valence-electron chi connectivity index (χ1n) is 6.27. The molecule has 0 aliphatic heterocycles. The largest absolute Gasteiger partial charge is 0.279 e. The molecule has 0 atom stereocenters. The van der Waals surface area contributed by atoms with Gasteiger partial charge in [0, 0.05) is 9.37 Å². The minimum absolute atomic E-state index is 0.266. The molecular formula is C15H16BrNO2S2. The number of rotatable bonds is 4. The Labute approximate surface area is 138 Å². The number of halogens is 1. The van der Waals surface area contributed by atoms with Crippen LogP contribution >= 0.6 is 27.7 Å². The quantitative estimate of drug-likeness (QED) is 0.782. The molecule has 3 nitrogen and oxygen atoms in total. The summed E-state index contributed by atoms with van der Waals surface area (Å²) >= 11 is 4.99. The fourth-order valence-corrected chi connectivity index (χ4v) is 4.32. The Morgan fingerprint density at radius 2 is 1.57 bits per heavy atom. The van der Waals surface area contributed by atoms with E-state index in [2.05, 4.69) is 20.7 Å². The Hall–Kier alpha value is -0.980. The van der Waals surface area contributed by atoms with Gasteiger partial charge in [-0.05, 0) is 67.6 Å². The molecule has 112 valence electrons. The average molecular weight is 386 g/mol. The molecule has 2 rings (SSSR count). The second kappa shape index (κ2) is 6.42. The monoisotopic (exact) mass is 385 g/mol. The molecule has 0 amide bonds. The number of thioether (sulfide) groups is 1. The van der Waals surface area contributed by atoms with Gasteiger partial charge in [0.15, 0.2) is 0 Å². The molecule has 0 radical (unpaired) electrons. The summed E-state index contributed by atoms with van der Waals surface area (Å²) in [4.78, 5) is 1.30. The smallest absolute Gasteiger partial charge is 0.261 e. The first kappa shape index (κ1) is 16.4. The van der Waals surface area contributed by atoms with Crippen molar-refractivity contribution in [3.8, 4) is 0 Å². The summed E-state index contributed by atoms with van der Waals surface area (Å²) in [5.41, 5.74) is 2.39. The van der Waals surface area contributed by atoms with Crippen LogP contribution in [0.25, 0.3) is 0 Å². The van der Waals surface area contributed by atoms with E-state index in [1.165, 1.54) is 0 Å². The predicted molar refractivity (Wildman–Crippen MR) is 92.6 cm³/mol. The predicted octanol–water partition coefficient (Wildman–Crippen LogP) is 4.59. The van der Waals surface area contributed by atoms with Gasteiger partial charge in [0.05, 0.1) is 10.6 Å². The van der Waals surface area contributed by atoms with Crippen LogP contribution in [0.3, 0.4) is 0 Å². The summed E-state index contributed by atoms with van der Waals surface area (Å²) in [6.07, 6.45) is 1.95. The lowest BCUT2D eigenvalue weighted by Crippen LogP contribution is -2.14. The molecule has 2 aromatic carbocycles. The van der Waals surface area contributed by atoms with Crippen molar-refractivity contribution in [2.45, 2.75) is 23.6 Å². The van der Waals surface area contributed by atoms with Gasteiger partial charge < -0.3 is 0 Å². The van der Waals surface area contributed by atoms with Crippen LogP contribution in [0, 0.1) is 13.8 Å². The maximum absolute atomic E-state index is 12.5. The van der Waals surface area contributed by atoms with E-state index in [1.807, 2.05) is 32.2 Å². The summed E-state index contributed by atoms with van der Waals surface area (Å²) in [7, 11) is -3.57. The van der Waals surface area contributed by atoms with Crippen molar-refractivity contribution in [1.82, 2.24) is 0 Å². The SMILES string of the molecule is CSc1ccc(S(=O)(=O)Nc2c(C)cc(Br)cc2C)cc1. The summed E-state index contributed by atoms with van der Waals surface area (Å²) < 4.78 is 28.5. The van der Waals surface area contributed by atoms with E-state index < -0.39 is 10.0 Å². The second-order valence-corrected chi connectivity index (χ2v) is 8.17. The molecule has 0 unspecified atom stereocenters. The van der Waals surface area contributed by atoms with Crippen molar-refractivity contribution in [1.29, 1.82) is 0 Å². The lowest BCUT2D eigenvalue weighted by Gasteiger charge is -2.14. The molecule has 0 fully saturated rings. The molecular weight excluding hydrogens is 370 g/mol. The highest BCUT2D eigenvalue weighted by Crippen LogP contribution is 2.27. The second-order valence-electron chi connectivity index (χ2n) is 4.70. The molecule has 21 heavy (non-hydrogen) atoms. The summed E-state index contributed by atoms with van der Waals surface area (Å²) in [5.74, 6) is 0. The Kier molecular flexibility index (Phi) is 5.01. The van der Waals surface area contributed by atoms with Crippen LogP contribution in [0.2, 0.25) is 0 Å². The molecule has 0 saturated carbocycles. The van der Waals surface area contributed by atoms with Crippen LogP contribution in [0.5, 0.6) is 0 Å². The van der Waals surface area contributed by atoms with Gasteiger partial charge in [0.2, 0.25) is 0 Å². The Morgan fingerprint density at radius 1 is 1.05 bits per heavy atom. The van der Waals surface area contributed by atoms with Crippen molar-refractivity contribution >= 4 is 43.4 Å². The zero-order valence-corrected chi connectivity index (χ0v) is 15.2. The van der Waals surface area contributed by atoms with E-state index in [4.69, 9.17) is 0 Å². The maximum Gasteiger partial charge on any atom is 0.261 e. The molecule has 0 spiro atoms. The van der Waals surface area contributed by atoms with Crippen molar-refractivity contribution in [3.63, 3.8) is 0 Å². The van der Waals surface area contributed by atoms with Gasteiger partial charge in [0.25, 0.3) is 10.0 Å². The number of aryl methyl sites for hydroxylation is 2. The van der Waals surface area contributed by atoms with Gasteiger partial charge >= 0.3 is 0 Å². The van der Waals surface area contributed by atoms with Gasteiger partial charge in [-0.2, -0.15) is 0 Å². The number of benzene rings is 2. The zero-order chi connectivity index (χ0) is 15.6. The molecule has 0 aliphatic rings.